The van der Waals surface area contributed by atoms with Crippen molar-refractivity contribution in [1.82, 2.24) is 9.62 Å². The molecule has 2 rings (SSSR count). The summed E-state index contributed by atoms with van der Waals surface area (Å²) in [5, 5.41) is 5.85. The van der Waals surface area contributed by atoms with Crippen LogP contribution in [0.3, 0.4) is 0 Å². The second-order valence-corrected chi connectivity index (χ2v) is 8.75. The van der Waals surface area contributed by atoms with Gasteiger partial charge in [-0.15, -0.1) is 0 Å². The largest absolute Gasteiger partial charge is 0.376 e. The third-order valence-corrected chi connectivity index (χ3v) is 6.37. The molecule has 27 heavy (non-hydrogen) atoms. The van der Waals surface area contributed by atoms with Crippen LogP contribution in [0, 0.1) is 6.92 Å². The van der Waals surface area contributed by atoms with E-state index in [0.717, 1.165) is 5.56 Å². The molecule has 146 valence electrons. The van der Waals surface area contributed by atoms with Gasteiger partial charge in [-0.2, -0.15) is 4.31 Å². The van der Waals surface area contributed by atoms with Crippen LogP contribution in [0.5, 0.6) is 0 Å². The molecule has 6 nitrogen and oxygen atoms in total. The molecule has 0 unspecified atom stereocenters. The van der Waals surface area contributed by atoms with Crippen molar-refractivity contribution in [2.75, 3.05) is 18.9 Å². The Hall–Kier alpha value is -2.38. The topological polar surface area (TPSA) is 78.5 Å². The monoisotopic (exact) mass is 389 g/mol. The summed E-state index contributed by atoms with van der Waals surface area (Å²) < 4.78 is 26.2. The maximum absolute atomic E-state index is 12.4. The molecule has 0 atom stereocenters. The van der Waals surface area contributed by atoms with E-state index in [2.05, 4.69) is 10.6 Å². The predicted molar refractivity (Wildman–Crippen MR) is 108 cm³/mol. The van der Waals surface area contributed by atoms with Gasteiger partial charge in [0, 0.05) is 25.3 Å². The Bertz CT molecular complexity index is 860. The standard InChI is InChI=1S/C20H27N3O3S/c1-15(2)23(4)27(25,26)19-11-9-18(10-12-19)21-14-20(24)22-13-17-7-5-16(3)6-8-17/h5-12,15,21H,13-14H2,1-4H3,(H,22,24). The third kappa shape index (κ3) is 5.80. The van der Waals surface area contributed by atoms with Gasteiger partial charge >= 0.3 is 0 Å². The zero-order valence-corrected chi connectivity index (χ0v) is 17.0. The Kier molecular flexibility index (Phi) is 6.98. The molecule has 0 fully saturated rings. The summed E-state index contributed by atoms with van der Waals surface area (Å²) in [6.07, 6.45) is 0. The second kappa shape index (κ2) is 9.01. The minimum Gasteiger partial charge on any atom is -0.376 e. The molecule has 0 saturated carbocycles. The van der Waals surface area contributed by atoms with Crippen molar-refractivity contribution < 1.29 is 13.2 Å². The third-order valence-electron chi connectivity index (χ3n) is 4.32. The van der Waals surface area contributed by atoms with Crippen LogP contribution < -0.4 is 10.6 Å². The van der Waals surface area contributed by atoms with E-state index in [9.17, 15) is 13.2 Å². The molecule has 1 amide bonds. The van der Waals surface area contributed by atoms with Crippen LogP contribution in [-0.4, -0.2) is 38.3 Å². The molecule has 0 aliphatic carbocycles. The predicted octanol–water partition coefficient (Wildman–Crippen LogP) is 2.75. The van der Waals surface area contributed by atoms with Crippen molar-refractivity contribution >= 4 is 21.6 Å². The Morgan fingerprint density at radius 2 is 1.63 bits per heavy atom. The van der Waals surface area contributed by atoms with Gasteiger partial charge in [-0.3, -0.25) is 4.79 Å². The van der Waals surface area contributed by atoms with Crippen LogP contribution in [0.2, 0.25) is 0 Å². The number of carbonyl (C=O) groups is 1. The molecular weight excluding hydrogens is 362 g/mol. The summed E-state index contributed by atoms with van der Waals surface area (Å²) in [5.41, 5.74) is 2.90. The van der Waals surface area contributed by atoms with Gasteiger partial charge in [0.1, 0.15) is 0 Å². The first-order chi connectivity index (χ1) is 12.7. The van der Waals surface area contributed by atoms with Crippen LogP contribution >= 0.6 is 0 Å². The number of sulfonamides is 1. The zero-order chi connectivity index (χ0) is 20.0. The lowest BCUT2D eigenvalue weighted by Gasteiger charge is -2.21. The molecule has 0 aliphatic rings. The van der Waals surface area contributed by atoms with Crippen LogP contribution in [0.15, 0.2) is 53.4 Å². The Morgan fingerprint density at radius 1 is 1.04 bits per heavy atom. The van der Waals surface area contributed by atoms with Gasteiger partial charge in [0.2, 0.25) is 15.9 Å². The fraction of sp³-hybridized carbons (Fsp3) is 0.350. The molecule has 2 aromatic rings. The summed E-state index contributed by atoms with van der Waals surface area (Å²) in [6, 6.07) is 14.3. The minimum absolute atomic E-state index is 0.115. The molecule has 2 aromatic carbocycles. The average molecular weight is 390 g/mol. The summed E-state index contributed by atoms with van der Waals surface area (Å²) in [5.74, 6) is -0.133. The smallest absolute Gasteiger partial charge is 0.243 e. The van der Waals surface area contributed by atoms with E-state index >= 15 is 0 Å². The van der Waals surface area contributed by atoms with E-state index < -0.39 is 10.0 Å². The Morgan fingerprint density at radius 3 is 2.19 bits per heavy atom. The van der Waals surface area contributed by atoms with Crippen molar-refractivity contribution in [2.24, 2.45) is 0 Å². The Balaban J connectivity index is 1.87. The first-order valence-corrected chi connectivity index (χ1v) is 10.3. The number of nitrogens with one attached hydrogen (secondary N) is 2. The number of rotatable bonds is 8. The molecule has 7 heteroatoms. The molecule has 0 bridgehead atoms. The van der Waals surface area contributed by atoms with Crippen molar-refractivity contribution in [3.05, 3.63) is 59.7 Å². The molecule has 0 aromatic heterocycles. The first kappa shape index (κ1) is 20.9. The molecule has 0 heterocycles. The van der Waals surface area contributed by atoms with E-state index in [1.807, 2.05) is 45.0 Å². The molecular formula is C20H27N3O3S. The normalized spacial score (nSPS) is 11.6. The fourth-order valence-electron chi connectivity index (χ4n) is 2.34. The lowest BCUT2D eigenvalue weighted by Crippen LogP contribution is -2.33. The quantitative estimate of drug-likeness (QED) is 0.728. The first-order valence-electron chi connectivity index (χ1n) is 8.84. The van der Waals surface area contributed by atoms with E-state index in [1.165, 1.54) is 9.87 Å². The number of nitrogens with zero attached hydrogens (tertiary/aromatic N) is 1. The molecule has 0 aliphatic heterocycles. The number of anilines is 1. The number of amides is 1. The van der Waals surface area contributed by atoms with Crippen LogP contribution in [0.25, 0.3) is 0 Å². The van der Waals surface area contributed by atoms with Gasteiger partial charge in [0.05, 0.1) is 11.4 Å². The minimum atomic E-state index is -3.50. The van der Waals surface area contributed by atoms with Crippen molar-refractivity contribution in [1.29, 1.82) is 0 Å². The highest BCUT2D eigenvalue weighted by molar-refractivity contribution is 7.89. The van der Waals surface area contributed by atoms with Crippen molar-refractivity contribution in [3.63, 3.8) is 0 Å². The van der Waals surface area contributed by atoms with Crippen LogP contribution in [0.4, 0.5) is 5.69 Å². The van der Waals surface area contributed by atoms with E-state index in [0.29, 0.717) is 12.2 Å². The number of benzene rings is 2. The summed E-state index contributed by atoms with van der Waals surface area (Å²) in [4.78, 5) is 12.2. The van der Waals surface area contributed by atoms with Gasteiger partial charge < -0.3 is 10.6 Å². The molecule has 2 N–H and O–H groups in total. The van der Waals surface area contributed by atoms with Crippen LogP contribution in [-0.2, 0) is 21.4 Å². The SMILES string of the molecule is Cc1ccc(CNC(=O)CNc2ccc(S(=O)(=O)N(C)C(C)C)cc2)cc1. The summed E-state index contributed by atoms with van der Waals surface area (Å²) in [6.45, 7) is 6.25. The number of carbonyl (C=O) groups excluding carboxylic acids is 1. The van der Waals surface area contributed by atoms with Gasteiger partial charge in [-0.1, -0.05) is 29.8 Å². The average Bonchev–Trinajstić information content (AvgIpc) is 2.65. The van der Waals surface area contributed by atoms with Crippen molar-refractivity contribution in [3.8, 4) is 0 Å². The van der Waals surface area contributed by atoms with E-state index in [-0.39, 0.29) is 23.4 Å². The van der Waals surface area contributed by atoms with Gasteiger partial charge in [0.15, 0.2) is 0 Å². The maximum atomic E-state index is 12.4. The van der Waals surface area contributed by atoms with E-state index in [4.69, 9.17) is 0 Å². The highest BCUT2D eigenvalue weighted by Crippen LogP contribution is 2.18. The fourth-order valence-corrected chi connectivity index (χ4v) is 3.71. The number of hydrogen-bond donors (Lipinski definition) is 2. The maximum Gasteiger partial charge on any atom is 0.243 e. The lowest BCUT2D eigenvalue weighted by atomic mass is 10.1. The summed E-state index contributed by atoms with van der Waals surface area (Å²) in [7, 11) is -1.94. The number of aryl methyl sites for hydroxylation is 1. The molecule has 0 saturated heterocycles. The lowest BCUT2D eigenvalue weighted by molar-refractivity contribution is -0.119. The molecule has 0 radical (unpaired) electrons. The Labute approximate surface area is 161 Å². The second-order valence-electron chi connectivity index (χ2n) is 6.76. The van der Waals surface area contributed by atoms with Gasteiger partial charge in [0.25, 0.3) is 0 Å². The summed E-state index contributed by atoms with van der Waals surface area (Å²) >= 11 is 0. The van der Waals surface area contributed by atoms with Crippen LogP contribution in [0.1, 0.15) is 25.0 Å². The van der Waals surface area contributed by atoms with Gasteiger partial charge in [-0.05, 0) is 50.6 Å². The molecule has 0 spiro atoms. The van der Waals surface area contributed by atoms with Crippen molar-refractivity contribution in [2.45, 2.75) is 38.3 Å². The van der Waals surface area contributed by atoms with E-state index in [1.54, 1.807) is 31.3 Å². The van der Waals surface area contributed by atoms with Gasteiger partial charge in [-0.25, -0.2) is 8.42 Å². The highest BCUT2D eigenvalue weighted by atomic mass is 32.2. The highest BCUT2D eigenvalue weighted by Gasteiger charge is 2.22. The number of hydrogen-bond acceptors (Lipinski definition) is 4. The zero-order valence-electron chi connectivity index (χ0n) is 16.2.